The van der Waals surface area contributed by atoms with Crippen LogP contribution in [0.15, 0.2) is 42.5 Å². The third kappa shape index (κ3) is 7.89. The SMILES string of the molecule is CCCCS(=O)(=O)CCCCCCCCCCC1c2ccc(O)cc2OCC1(C)c1ccc(O)cc1. The van der Waals surface area contributed by atoms with Crippen LogP contribution in [0, 0.1) is 0 Å². The van der Waals surface area contributed by atoms with E-state index in [2.05, 4.69) is 6.92 Å². The summed E-state index contributed by atoms with van der Waals surface area (Å²) in [4.78, 5) is 0. The van der Waals surface area contributed by atoms with Gasteiger partial charge >= 0.3 is 0 Å². The molecule has 2 atom stereocenters. The molecule has 0 saturated carbocycles. The minimum absolute atomic E-state index is 0.213. The smallest absolute Gasteiger partial charge is 0.150 e. The number of unbranched alkanes of at least 4 members (excludes halogenated alkanes) is 8. The quantitative estimate of drug-likeness (QED) is 0.243. The number of sulfone groups is 1. The Morgan fingerprint density at radius 2 is 1.42 bits per heavy atom. The summed E-state index contributed by atoms with van der Waals surface area (Å²) in [6.07, 6.45) is 11.5. The maximum absolute atomic E-state index is 11.9. The van der Waals surface area contributed by atoms with Crippen LogP contribution in [0.4, 0.5) is 0 Å². The molecule has 5 nitrogen and oxygen atoms in total. The van der Waals surface area contributed by atoms with E-state index in [9.17, 15) is 18.6 Å². The standard InChI is InChI=1S/C30H44O5S/c1-3-4-20-36(33,34)21-12-10-8-6-5-7-9-11-13-28-27-19-18-26(32)22-29(27)35-23-30(28,2)24-14-16-25(31)17-15-24/h14-19,22,28,31-32H,3-13,20-21,23H2,1-2H3. The highest BCUT2D eigenvalue weighted by Crippen LogP contribution is 2.49. The Morgan fingerprint density at radius 3 is 2.08 bits per heavy atom. The van der Waals surface area contributed by atoms with Gasteiger partial charge in [-0.2, -0.15) is 0 Å². The lowest BCUT2D eigenvalue weighted by molar-refractivity contribution is 0.162. The Bertz CT molecular complexity index is 1050. The number of phenols is 2. The molecule has 200 valence electrons. The van der Waals surface area contributed by atoms with E-state index >= 15 is 0 Å². The normalized spacial score (nSPS) is 19.6. The van der Waals surface area contributed by atoms with Crippen molar-refractivity contribution in [1.29, 1.82) is 0 Å². The fraction of sp³-hybridized carbons (Fsp3) is 0.600. The van der Waals surface area contributed by atoms with Crippen LogP contribution >= 0.6 is 0 Å². The maximum atomic E-state index is 11.9. The van der Waals surface area contributed by atoms with Crippen LogP contribution in [0.5, 0.6) is 17.2 Å². The zero-order chi connectivity index (χ0) is 26.0. The van der Waals surface area contributed by atoms with Gasteiger partial charge in [-0.25, -0.2) is 8.42 Å². The van der Waals surface area contributed by atoms with Crippen LogP contribution in [-0.2, 0) is 15.3 Å². The van der Waals surface area contributed by atoms with Crippen molar-refractivity contribution < 1.29 is 23.4 Å². The summed E-state index contributed by atoms with van der Waals surface area (Å²) in [7, 11) is -2.85. The zero-order valence-electron chi connectivity index (χ0n) is 22.0. The molecule has 0 fully saturated rings. The second-order valence-electron chi connectivity index (χ2n) is 10.7. The number of benzene rings is 2. The van der Waals surface area contributed by atoms with Gasteiger partial charge < -0.3 is 14.9 Å². The Kier molecular flexibility index (Phi) is 10.5. The van der Waals surface area contributed by atoms with Crippen molar-refractivity contribution in [2.24, 2.45) is 0 Å². The largest absolute Gasteiger partial charge is 0.508 e. The van der Waals surface area contributed by atoms with Crippen molar-refractivity contribution in [3.05, 3.63) is 53.6 Å². The van der Waals surface area contributed by atoms with Crippen molar-refractivity contribution >= 4 is 9.84 Å². The van der Waals surface area contributed by atoms with E-state index in [1.807, 2.05) is 25.1 Å². The predicted molar refractivity (Wildman–Crippen MR) is 147 cm³/mol. The number of aromatic hydroxyl groups is 2. The summed E-state index contributed by atoms with van der Waals surface area (Å²) < 4.78 is 30.0. The van der Waals surface area contributed by atoms with Crippen molar-refractivity contribution in [2.45, 2.75) is 95.8 Å². The maximum Gasteiger partial charge on any atom is 0.150 e. The number of hydrogen-bond acceptors (Lipinski definition) is 5. The molecule has 6 heteroatoms. The van der Waals surface area contributed by atoms with Crippen LogP contribution in [-0.4, -0.2) is 36.7 Å². The van der Waals surface area contributed by atoms with Gasteiger partial charge in [0.05, 0.1) is 18.1 Å². The minimum Gasteiger partial charge on any atom is -0.508 e. The van der Waals surface area contributed by atoms with E-state index in [-0.39, 0.29) is 22.8 Å². The topological polar surface area (TPSA) is 83.8 Å². The summed E-state index contributed by atoms with van der Waals surface area (Å²) in [5.41, 5.74) is 2.08. The van der Waals surface area contributed by atoms with Gasteiger partial charge in [-0.1, -0.05) is 83.4 Å². The van der Waals surface area contributed by atoms with Crippen molar-refractivity contribution in [3.8, 4) is 17.2 Å². The summed E-state index contributed by atoms with van der Waals surface area (Å²) in [6.45, 7) is 4.80. The lowest BCUT2D eigenvalue weighted by atomic mass is 9.66. The van der Waals surface area contributed by atoms with E-state index in [1.54, 1.807) is 24.3 Å². The second kappa shape index (κ2) is 13.4. The minimum atomic E-state index is -2.85. The molecule has 2 aromatic carbocycles. The molecule has 0 amide bonds. The molecule has 2 N–H and O–H groups in total. The van der Waals surface area contributed by atoms with Crippen molar-refractivity contribution in [3.63, 3.8) is 0 Å². The van der Waals surface area contributed by atoms with Gasteiger partial charge in [-0.15, -0.1) is 0 Å². The molecule has 0 aliphatic carbocycles. The molecule has 2 unspecified atom stereocenters. The molecule has 0 bridgehead atoms. The average Bonchev–Trinajstić information content (AvgIpc) is 2.85. The number of phenolic OH excluding ortho intramolecular Hbond substituents is 2. The zero-order valence-corrected chi connectivity index (χ0v) is 22.9. The summed E-state index contributed by atoms with van der Waals surface area (Å²) in [5.74, 6) is 2.21. The molecule has 3 rings (SSSR count). The van der Waals surface area contributed by atoms with Crippen LogP contribution in [0.2, 0.25) is 0 Å². The Morgan fingerprint density at radius 1 is 0.833 bits per heavy atom. The lowest BCUT2D eigenvalue weighted by Crippen LogP contribution is -2.40. The first-order chi connectivity index (χ1) is 17.2. The molecule has 1 aliphatic rings. The van der Waals surface area contributed by atoms with Crippen LogP contribution < -0.4 is 4.74 Å². The third-order valence-corrected chi connectivity index (χ3v) is 9.52. The average molecular weight is 517 g/mol. The van der Waals surface area contributed by atoms with Crippen molar-refractivity contribution in [2.75, 3.05) is 18.1 Å². The molecule has 0 radical (unpaired) electrons. The molecular formula is C30H44O5S. The number of hydrogen-bond donors (Lipinski definition) is 2. The number of rotatable bonds is 15. The Balaban J connectivity index is 1.46. The molecule has 0 spiro atoms. The van der Waals surface area contributed by atoms with Crippen LogP contribution in [0.3, 0.4) is 0 Å². The Hall–Kier alpha value is -2.21. The van der Waals surface area contributed by atoms with Gasteiger partial charge in [-0.3, -0.25) is 0 Å². The highest BCUT2D eigenvalue weighted by atomic mass is 32.2. The highest BCUT2D eigenvalue weighted by Gasteiger charge is 2.42. The van der Waals surface area contributed by atoms with Gasteiger partial charge in [0.1, 0.15) is 27.1 Å². The molecule has 0 aromatic heterocycles. The monoisotopic (exact) mass is 516 g/mol. The van der Waals surface area contributed by atoms with Crippen LogP contribution in [0.25, 0.3) is 0 Å². The summed E-state index contributed by atoms with van der Waals surface area (Å²) >= 11 is 0. The molecule has 0 saturated heterocycles. The fourth-order valence-corrected chi connectivity index (χ4v) is 6.98. The molecular weight excluding hydrogens is 472 g/mol. The molecule has 2 aromatic rings. The van der Waals surface area contributed by atoms with E-state index < -0.39 is 9.84 Å². The molecule has 1 heterocycles. The molecule has 1 aliphatic heterocycles. The van der Waals surface area contributed by atoms with Gasteiger partial charge in [0, 0.05) is 17.4 Å². The summed E-state index contributed by atoms with van der Waals surface area (Å²) in [5, 5.41) is 19.7. The van der Waals surface area contributed by atoms with Crippen molar-refractivity contribution in [1.82, 2.24) is 0 Å². The second-order valence-corrected chi connectivity index (χ2v) is 13.0. The van der Waals surface area contributed by atoms with Gasteiger partial charge in [0.2, 0.25) is 0 Å². The highest BCUT2D eigenvalue weighted by molar-refractivity contribution is 7.91. The first-order valence-corrected chi connectivity index (χ1v) is 15.5. The Labute approximate surface area is 217 Å². The van der Waals surface area contributed by atoms with E-state index in [0.717, 1.165) is 61.8 Å². The van der Waals surface area contributed by atoms with Crippen LogP contribution in [0.1, 0.15) is 102 Å². The third-order valence-electron chi connectivity index (χ3n) is 7.70. The summed E-state index contributed by atoms with van der Waals surface area (Å²) in [6, 6.07) is 12.9. The first-order valence-electron chi connectivity index (χ1n) is 13.7. The van der Waals surface area contributed by atoms with Gasteiger partial charge in [0.25, 0.3) is 0 Å². The lowest BCUT2D eigenvalue weighted by Gasteiger charge is -2.43. The van der Waals surface area contributed by atoms with Gasteiger partial charge in [0.15, 0.2) is 0 Å². The van der Waals surface area contributed by atoms with E-state index in [1.165, 1.54) is 25.7 Å². The number of fused-ring (bicyclic) bond motifs is 1. The van der Waals surface area contributed by atoms with Gasteiger partial charge in [-0.05, 0) is 48.6 Å². The van der Waals surface area contributed by atoms with E-state index in [4.69, 9.17) is 4.74 Å². The predicted octanol–water partition coefficient (Wildman–Crippen LogP) is 7.26. The fourth-order valence-electron chi connectivity index (χ4n) is 5.41. The molecule has 36 heavy (non-hydrogen) atoms. The van der Waals surface area contributed by atoms with E-state index in [0.29, 0.717) is 18.1 Å². The first kappa shape index (κ1) is 28.4. The number of ether oxygens (including phenoxy) is 1.